The van der Waals surface area contributed by atoms with Crippen LogP contribution in [0.1, 0.15) is 35.9 Å². The summed E-state index contributed by atoms with van der Waals surface area (Å²) >= 11 is 0. The quantitative estimate of drug-likeness (QED) is 0.793. The number of rotatable bonds is 2. The molecule has 1 aliphatic rings. The molecule has 0 bridgehead atoms. The van der Waals surface area contributed by atoms with Crippen molar-refractivity contribution >= 4 is 41.8 Å². The third-order valence-electron chi connectivity index (χ3n) is 3.67. The molecule has 0 saturated carbocycles. The van der Waals surface area contributed by atoms with Gasteiger partial charge >= 0.3 is 0 Å². The third-order valence-corrected chi connectivity index (χ3v) is 3.67. The molecule has 1 unspecified atom stereocenters. The van der Waals surface area contributed by atoms with Gasteiger partial charge in [-0.25, -0.2) is 4.98 Å². The van der Waals surface area contributed by atoms with Crippen LogP contribution in [0.3, 0.4) is 0 Å². The molecule has 1 saturated heterocycles. The van der Waals surface area contributed by atoms with Crippen LogP contribution in [0.4, 0.5) is 0 Å². The molecule has 1 aliphatic heterocycles. The van der Waals surface area contributed by atoms with Crippen molar-refractivity contribution in [3.05, 3.63) is 29.6 Å². The molecule has 1 aromatic heterocycles. The van der Waals surface area contributed by atoms with Gasteiger partial charge in [-0.3, -0.25) is 4.79 Å². The van der Waals surface area contributed by atoms with Crippen molar-refractivity contribution in [2.45, 2.75) is 25.3 Å². The number of amides is 1. The predicted octanol–water partition coefficient (Wildman–Crippen LogP) is 2.10. The Labute approximate surface area is 129 Å². The number of nitrogens with one attached hydrogen (secondary N) is 2. The van der Waals surface area contributed by atoms with Gasteiger partial charge in [-0.1, -0.05) is 6.07 Å². The predicted molar refractivity (Wildman–Crippen MR) is 83.7 cm³/mol. The Balaban J connectivity index is 0.000001000. The van der Waals surface area contributed by atoms with Crippen LogP contribution in [0.25, 0.3) is 11.0 Å². The van der Waals surface area contributed by atoms with Gasteiger partial charge in [0.15, 0.2) is 0 Å². The van der Waals surface area contributed by atoms with Crippen molar-refractivity contribution in [1.82, 2.24) is 15.3 Å². The number of fused-ring (bicyclic) bond motifs is 1. The van der Waals surface area contributed by atoms with Crippen molar-refractivity contribution in [3.8, 4) is 0 Å². The molecule has 7 heteroatoms. The maximum Gasteiger partial charge on any atom is 0.250 e. The van der Waals surface area contributed by atoms with Crippen LogP contribution < -0.4 is 11.1 Å². The van der Waals surface area contributed by atoms with Crippen molar-refractivity contribution in [1.29, 1.82) is 0 Å². The number of nitrogens with zero attached hydrogens (tertiary/aromatic N) is 1. The van der Waals surface area contributed by atoms with E-state index in [1.165, 1.54) is 0 Å². The number of carbonyl (C=O) groups excluding carboxylic acids is 1. The fourth-order valence-electron chi connectivity index (χ4n) is 2.59. The molecule has 0 spiro atoms. The van der Waals surface area contributed by atoms with Crippen LogP contribution in [0, 0.1) is 0 Å². The van der Waals surface area contributed by atoms with Crippen LogP contribution in [-0.2, 0) is 5.54 Å². The molecule has 2 aromatic rings. The first-order chi connectivity index (χ1) is 8.60. The first-order valence-electron chi connectivity index (χ1n) is 6.14. The van der Waals surface area contributed by atoms with Crippen LogP contribution in [0.15, 0.2) is 18.2 Å². The summed E-state index contributed by atoms with van der Waals surface area (Å²) in [6, 6.07) is 5.44. The van der Waals surface area contributed by atoms with Crippen LogP contribution in [0.2, 0.25) is 0 Å². The maximum atomic E-state index is 11.4. The highest BCUT2D eigenvalue weighted by Gasteiger charge is 2.33. The Kier molecular flexibility index (Phi) is 5.02. The summed E-state index contributed by atoms with van der Waals surface area (Å²) in [5.74, 6) is 0.437. The Hall–Kier alpha value is -1.30. The molecule has 1 atom stereocenters. The van der Waals surface area contributed by atoms with E-state index in [0.717, 1.165) is 30.7 Å². The highest BCUT2D eigenvalue weighted by Crippen LogP contribution is 2.30. The second kappa shape index (κ2) is 5.99. The van der Waals surface area contributed by atoms with E-state index in [1.54, 1.807) is 6.07 Å². The summed E-state index contributed by atoms with van der Waals surface area (Å²) in [5, 5.41) is 3.45. The number of aromatic nitrogens is 2. The number of primary amides is 1. The zero-order valence-corrected chi connectivity index (χ0v) is 12.7. The second-order valence-corrected chi connectivity index (χ2v) is 5.01. The van der Waals surface area contributed by atoms with Gasteiger partial charge in [0.1, 0.15) is 11.3 Å². The summed E-state index contributed by atoms with van der Waals surface area (Å²) in [6.07, 6.45) is 2.18. The van der Waals surface area contributed by atoms with E-state index in [4.69, 9.17) is 5.73 Å². The highest BCUT2D eigenvalue weighted by molar-refractivity contribution is 6.04. The molecule has 3 rings (SSSR count). The number of hydrogen-bond donors (Lipinski definition) is 3. The van der Waals surface area contributed by atoms with E-state index in [2.05, 4.69) is 22.2 Å². The van der Waals surface area contributed by atoms with E-state index >= 15 is 0 Å². The zero-order valence-electron chi connectivity index (χ0n) is 11.1. The van der Waals surface area contributed by atoms with Gasteiger partial charge in [-0.2, -0.15) is 0 Å². The number of carbonyl (C=O) groups is 1. The van der Waals surface area contributed by atoms with Crippen molar-refractivity contribution in [3.63, 3.8) is 0 Å². The third kappa shape index (κ3) is 2.61. The average Bonchev–Trinajstić information content (AvgIpc) is 2.94. The van der Waals surface area contributed by atoms with Gasteiger partial charge in [0.25, 0.3) is 5.91 Å². The van der Waals surface area contributed by atoms with E-state index in [-0.39, 0.29) is 30.4 Å². The molecule has 0 radical (unpaired) electrons. The summed E-state index contributed by atoms with van der Waals surface area (Å²) in [6.45, 7) is 3.12. The number of benzene rings is 1. The van der Waals surface area contributed by atoms with Crippen LogP contribution in [0.5, 0.6) is 0 Å². The van der Waals surface area contributed by atoms with Gasteiger partial charge in [-0.15, -0.1) is 24.8 Å². The SMILES string of the molecule is CC1(c2nc3c(C(N)=O)cccc3[nH]2)CCCN1.Cl.Cl. The standard InChI is InChI=1S/C13H16N4O.2ClH/c1-13(6-3-7-15-13)12-16-9-5-2-4-8(11(14)18)10(9)17-12;;/h2,4-5,15H,3,6-7H2,1H3,(H2,14,18)(H,16,17);2*1H. The summed E-state index contributed by atoms with van der Waals surface area (Å²) in [5.41, 5.74) is 7.22. The monoisotopic (exact) mass is 316 g/mol. The zero-order chi connectivity index (χ0) is 12.8. The Bertz CT molecular complexity index is 620. The highest BCUT2D eigenvalue weighted by atomic mass is 35.5. The average molecular weight is 317 g/mol. The lowest BCUT2D eigenvalue weighted by molar-refractivity contribution is 0.100. The minimum absolute atomic E-state index is 0. The van der Waals surface area contributed by atoms with E-state index in [0.29, 0.717) is 11.1 Å². The molecule has 20 heavy (non-hydrogen) atoms. The van der Waals surface area contributed by atoms with Crippen molar-refractivity contribution in [2.24, 2.45) is 5.73 Å². The van der Waals surface area contributed by atoms with E-state index < -0.39 is 5.91 Å². The molecular weight excluding hydrogens is 299 g/mol. The number of para-hydroxylation sites is 1. The fraction of sp³-hybridized carbons (Fsp3) is 0.385. The molecule has 1 aromatic carbocycles. The van der Waals surface area contributed by atoms with E-state index in [9.17, 15) is 4.79 Å². The summed E-state index contributed by atoms with van der Waals surface area (Å²) in [7, 11) is 0. The number of nitrogens with two attached hydrogens (primary N) is 1. The minimum atomic E-state index is -0.441. The Morgan fingerprint density at radius 3 is 2.75 bits per heavy atom. The number of imidazole rings is 1. The van der Waals surface area contributed by atoms with E-state index in [1.807, 2.05) is 12.1 Å². The lowest BCUT2D eigenvalue weighted by Gasteiger charge is -2.21. The number of aromatic amines is 1. The first-order valence-corrected chi connectivity index (χ1v) is 6.14. The lowest BCUT2D eigenvalue weighted by atomic mass is 10.00. The molecule has 5 nitrogen and oxygen atoms in total. The van der Waals surface area contributed by atoms with Gasteiger partial charge in [0.05, 0.1) is 16.6 Å². The molecular formula is C13H18Cl2N4O. The largest absolute Gasteiger partial charge is 0.366 e. The molecule has 110 valence electrons. The lowest BCUT2D eigenvalue weighted by Crippen LogP contribution is -2.34. The molecule has 0 aliphatic carbocycles. The number of H-pyrrole nitrogens is 1. The number of halogens is 2. The molecule has 2 heterocycles. The smallest absolute Gasteiger partial charge is 0.250 e. The fourth-order valence-corrected chi connectivity index (χ4v) is 2.59. The molecule has 1 amide bonds. The second-order valence-electron chi connectivity index (χ2n) is 5.01. The maximum absolute atomic E-state index is 11.4. The normalized spacial score (nSPS) is 21.2. The van der Waals surface area contributed by atoms with Crippen LogP contribution >= 0.6 is 24.8 Å². The van der Waals surface area contributed by atoms with Crippen molar-refractivity contribution < 1.29 is 4.79 Å². The minimum Gasteiger partial charge on any atom is -0.366 e. The number of hydrogen-bond acceptors (Lipinski definition) is 3. The Morgan fingerprint density at radius 1 is 1.40 bits per heavy atom. The van der Waals surface area contributed by atoms with Gasteiger partial charge in [-0.05, 0) is 38.4 Å². The molecule has 1 fully saturated rings. The van der Waals surface area contributed by atoms with Crippen molar-refractivity contribution in [2.75, 3.05) is 6.54 Å². The van der Waals surface area contributed by atoms with Crippen LogP contribution in [-0.4, -0.2) is 22.4 Å². The molecule has 4 N–H and O–H groups in total. The van der Waals surface area contributed by atoms with Gasteiger partial charge < -0.3 is 16.0 Å². The van der Waals surface area contributed by atoms with Gasteiger partial charge in [0, 0.05) is 0 Å². The summed E-state index contributed by atoms with van der Waals surface area (Å²) < 4.78 is 0. The van der Waals surface area contributed by atoms with Gasteiger partial charge in [0.2, 0.25) is 0 Å². The summed E-state index contributed by atoms with van der Waals surface area (Å²) in [4.78, 5) is 19.2. The Morgan fingerprint density at radius 2 is 2.15 bits per heavy atom. The topological polar surface area (TPSA) is 83.8 Å². The first kappa shape index (κ1) is 16.8.